The zero-order chi connectivity index (χ0) is 18.4. The highest BCUT2D eigenvalue weighted by atomic mass is 16.5. The summed E-state index contributed by atoms with van der Waals surface area (Å²) >= 11 is 0. The van der Waals surface area contributed by atoms with Crippen molar-refractivity contribution in [2.75, 3.05) is 13.7 Å². The van der Waals surface area contributed by atoms with Gasteiger partial charge in [-0.25, -0.2) is 0 Å². The van der Waals surface area contributed by atoms with Gasteiger partial charge >= 0.3 is 5.97 Å². The van der Waals surface area contributed by atoms with Gasteiger partial charge in [0, 0.05) is 12.1 Å². The van der Waals surface area contributed by atoms with E-state index in [1.807, 2.05) is 50.2 Å². The van der Waals surface area contributed by atoms with Crippen molar-refractivity contribution in [3.05, 3.63) is 64.7 Å². The second kappa shape index (κ2) is 8.33. The molecular formula is C20H23NO4. The summed E-state index contributed by atoms with van der Waals surface area (Å²) in [5.41, 5.74) is 3.14. The van der Waals surface area contributed by atoms with Crippen molar-refractivity contribution >= 4 is 11.9 Å². The Morgan fingerprint density at radius 3 is 2.32 bits per heavy atom. The highest BCUT2D eigenvalue weighted by Crippen LogP contribution is 2.21. The van der Waals surface area contributed by atoms with Crippen molar-refractivity contribution in [1.82, 2.24) is 5.32 Å². The summed E-state index contributed by atoms with van der Waals surface area (Å²) in [5, 5.41) is 12.3. The molecule has 1 amide bonds. The van der Waals surface area contributed by atoms with Gasteiger partial charge < -0.3 is 15.2 Å². The summed E-state index contributed by atoms with van der Waals surface area (Å²) in [5.74, 6) is -1.28. The molecule has 0 fully saturated rings. The molecule has 0 saturated carbocycles. The quantitative estimate of drug-likeness (QED) is 0.812. The maximum absolute atomic E-state index is 12.5. The van der Waals surface area contributed by atoms with E-state index < -0.39 is 11.9 Å². The van der Waals surface area contributed by atoms with Crippen LogP contribution in [0.3, 0.4) is 0 Å². The van der Waals surface area contributed by atoms with Crippen molar-refractivity contribution in [3.8, 4) is 5.75 Å². The Balaban J connectivity index is 2.10. The molecule has 25 heavy (non-hydrogen) atoms. The summed E-state index contributed by atoms with van der Waals surface area (Å²) in [6, 6.07) is 12.9. The van der Waals surface area contributed by atoms with Crippen LogP contribution in [0.25, 0.3) is 0 Å². The minimum absolute atomic E-state index is 0.0555. The molecule has 5 nitrogen and oxygen atoms in total. The van der Waals surface area contributed by atoms with E-state index in [4.69, 9.17) is 4.74 Å². The zero-order valence-corrected chi connectivity index (χ0v) is 14.7. The van der Waals surface area contributed by atoms with Gasteiger partial charge in [-0.2, -0.15) is 0 Å². The lowest BCUT2D eigenvalue weighted by Crippen LogP contribution is -2.34. The van der Waals surface area contributed by atoms with Gasteiger partial charge in [0.1, 0.15) is 5.75 Å². The molecule has 0 heterocycles. The van der Waals surface area contributed by atoms with Gasteiger partial charge in [-0.15, -0.1) is 0 Å². The molecule has 0 saturated heterocycles. The molecule has 2 aromatic rings. The molecule has 0 aliphatic heterocycles. The molecule has 5 heteroatoms. The Labute approximate surface area is 147 Å². The lowest BCUT2D eigenvalue weighted by molar-refractivity contribution is -0.141. The minimum atomic E-state index is -0.951. The van der Waals surface area contributed by atoms with E-state index in [-0.39, 0.29) is 18.9 Å². The topological polar surface area (TPSA) is 75.6 Å². The fraction of sp³-hybridized carbons (Fsp3) is 0.300. The lowest BCUT2D eigenvalue weighted by atomic mass is 9.97. The van der Waals surface area contributed by atoms with Crippen LogP contribution in [0.15, 0.2) is 42.5 Å². The van der Waals surface area contributed by atoms with Gasteiger partial charge in [0.15, 0.2) is 0 Å². The van der Waals surface area contributed by atoms with Crippen LogP contribution in [-0.4, -0.2) is 30.6 Å². The predicted molar refractivity (Wildman–Crippen MR) is 96.1 cm³/mol. The van der Waals surface area contributed by atoms with Crippen LogP contribution in [0.4, 0.5) is 0 Å². The maximum atomic E-state index is 12.5. The second-order valence-corrected chi connectivity index (χ2v) is 6.03. The summed E-state index contributed by atoms with van der Waals surface area (Å²) in [6.07, 6.45) is 0.284. The average molecular weight is 341 g/mol. The van der Waals surface area contributed by atoms with Crippen LogP contribution in [-0.2, 0) is 11.2 Å². The SMILES string of the molecule is COc1ccccc1CC(CNC(=O)c1c(C)cccc1C)C(=O)O. The fourth-order valence-corrected chi connectivity index (χ4v) is 2.86. The third kappa shape index (κ3) is 4.59. The monoisotopic (exact) mass is 341 g/mol. The van der Waals surface area contributed by atoms with Crippen molar-refractivity contribution in [1.29, 1.82) is 0 Å². The molecule has 1 unspecified atom stereocenters. The van der Waals surface area contributed by atoms with Crippen molar-refractivity contribution in [3.63, 3.8) is 0 Å². The van der Waals surface area contributed by atoms with Crippen molar-refractivity contribution in [2.24, 2.45) is 5.92 Å². The zero-order valence-electron chi connectivity index (χ0n) is 14.7. The normalized spacial score (nSPS) is 11.6. The Morgan fingerprint density at radius 2 is 1.72 bits per heavy atom. The first kappa shape index (κ1) is 18.5. The number of hydrogen-bond acceptors (Lipinski definition) is 3. The van der Waals surface area contributed by atoms with E-state index in [1.165, 1.54) is 0 Å². The standard InChI is InChI=1S/C20H23NO4/c1-13-7-6-8-14(2)18(13)19(22)21-12-16(20(23)24)11-15-9-4-5-10-17(15)25-3/h4-10,16H,11-12H2,1-3H3,(H,21,22)(H,23,24). The summed E-state index contributed by atoms with van der Waals surface area (Å²) in [7, 11) is 1.55. The minimum Gasteiger partial charge on any atom is -0.496 e. The summed E-state index contributed by atoms with van der Waals surface area (Å²) in [4.78, 5) is 24.1. The number of ether oxygens (including phenoxy) is 1. The van der Waals surface area contributed by atoms with Gasteiger partial charge in [-0.05, 0) is 43.0 Å². The number of carboxylic acid groups (broad SMARTS) is 1. The van der Waals surface area contributed by atoms with Crippen molar-refractivity contribution < 1.29 is 19.4 Å². The van der Waals surface area contributed by atoms with Gasteiger partial charge in [0.2, 0.25) is 0 Å². The Bertz CT molecular complexity index is 750. The van der Waals surface area contributed by atoms with Gasteiger partial charge in [0.25, 0.3) is 5.91 Å². The van der Waals surface area contributed by atoms with Crippen LogP contribution in [0.5, 0.6) is 5.75 Å². The number of amides is 1. The first-order chi connectivity index (χ1) is 11.9. The smallest absolute Gasteiger partial charge is 0.308 e. The third-order valence-corrected chi connectivity index (χ3v) is 4.23. The molecule has 2 N–H and O–H groups in total. The molecule has 0 aliphatic carbocycles. The first-order valence-electron chi connectivity index (χ1n) is 8.13. The number of carbonyl (C=O) groups is 2. The molecule has 0 aromatic heterocycles. The van der Waals surface area contributed by atoms with E-state index in [0.717, 1.165) is 16.7 Å². The molecule has 2 rings (SSSR count). The van der Waals surface area contributed by atoms with E-state index in [2.05, 4.69) is 5.32 Å². The van der Waals surface area contributed by atoms with Crippen LogP contribution >= 0.6 is 0 Å². The van der Waals surface area contributed by atoms with E-state index in [9.17, 15) is 14.7 Å². The van der Waals surface area contributed by atoms with Crippen LogP contribution in [0.1, 0.15) is 27.0 Å². The molecule has 0 bridgehead atoms. The predicted octanol–water partition coefficient (Wildman–Crippen LogP) is 2.99. The number of carbonyl (C=O) groups excluding carboxylic acids is 1. The third-order valence-electron chi connectivity index (χ3n) is 4.23. The van der Waals surface area contributed by atoms with Gasteiger partial charge in [-0.1, -0.05) is 36.4 Å². The van der Waals surface area contributed by atoms with E-state index in [1.54, 1.807) is 13.2 Å². The molecule has 2 aromatic carbocycles. The van der Waals surface area contributed by atoms with Crippen LogP contribution in [0, 0.1) is 19.8 Å². The highest BCUT2D eigenvalue weighted by Gasteiger charge is 2.21. The fourth-order valence-electron chi connectivity index (χ4n) is 2.86. The number of methoxy groups -OCH3 is 1. The van der Waals surface area contributed by atoms with E-state index in [0.29, 0.717) is 11.3 Å². The number of hydrogen-bond donors (Lipinski definition) is 2. The number of para-hydroxylation sites is 1. The van der Waals surface area contributed by atoms with Crippen molar-refractivity contribution in [2.45, 2.75) is 20.3 Å². The first-order valence-corrected chi connectivity index (χ1v) is 8.13. The Hall–Kier alpha value is -2.82. The summed E-state index contributed by atoms with van der Waals surface area (Å²) in [6.45, 7) is 3.79. The van der Waals surface area contributed by atoms with Crippen LogP contribution in [0.2, 0.25) is 0 Å². The van der Waals surface area contributed by atoms with E-state index >= 15 is 0 Å². The number of aliphatic carboxylic acids is 1. The molecule has 0 radical (unpaired) electrons. The molecule has 132 valence electrons. The molecule has 1 atom stereocenters. The number of aryl methyl sites for hydroxylation is 2. The second-order valence-electron chi connectivity index (χ2n) is 6.03. The lowest BCUT2D eigenvalue weighted by Gasteiger charge is -2.16. The largest absolute Gasteiger partial charge is 0.496 e. The van der Waals surface area contributed by atoms with Crippen LogP contribution < -0.4 is 10.1 Å². The maximum Gasteiger partial charge on any atom is 0.308 e. The van der Waals surface area contributed by atoms with Gasteiger partial charge in [0.05, 0.1) is 13.0 Å². The Morgan fingerprint density at radius 1 is 1.08 bits per heavy atom. The molecule has 0 spiro atoms. The summed E-state index contributed by atoms with van der Waals surface area (Å²) < 4.78 is 5.27. The highest BCUT2D eigenvalue weighted by molar-refractivity contribution is 5.97. The number of nitrogens with one attached hydrogen (secondary N) is 1. The number of benzene rings is 2. The Kier molecular flexibility index (Phi) is 6.17. The molecular weight excluding hydrogens is 318 g/mol. The number of carboxylic acids is 1. The molecule has 0 aliphatic rings. The van der Waals surface area contributed by atoms with Gasteiger partial charge in [-0.3, -0.25) is 9.59 Å². The average Bonchev–Trinajstić information content (AvgIpc) is 2.58. The number of rotatable bonds is 7.